The van der Waals surface area contributed by atoms with Gasteiger partial charge in [0.15, 0.2) is 0 Å². The van der Waals surface area contributed by atoms with Crippen LogP contribution < -0.4 is 5.32 Å². The van der Waals surface area contributed by atoms with Crippen LogP contribution in [-0.4, -0.2) is 37.1 Å². The fourth-order valence-corrected chi connectivity index (χ4v) is 2.37. The first kappa shape index (κ1) is 13.7. The van der Waals surface area contributed by atoms with Crippen molar-refractivity contribution >= 4 is 0 Å². The van der Waals surface area contributed by atoms with E-state index in [4.69, 9.17) is 0 Å². The molecule has 0 radical (unpaired) electrons. The summed E-state index contributed by atoms with van der Waals surface area (Å²) < 4.78 is 0. The lowest BCUT2D eigenvalue weighted by atomic mass is 10.0. The van der Waals surface area contributed by atoms with E-state index >= 15 is 0 Å². The van der Waals surface area contributed by atoms with Gasteiger partial charge in [-0.05, 0) is 45.7 Å². The molecule has 1 unspecified atom stereocenters. The molecule has 0 aromatic heterocycles. The Morgan fingerprint density at radius 1 is 1.44 bits per heavy atom. The van der Waals surface area contributed by atoms with Crippen molar-refractivity contribution in [1.82, 2.24) is 10.2 Å². The third kappa shape index (κ3) is 5.13. The smallest absolute Gasteiger partial charge is 0.0220 e. The van der Waals surface area contributed by atoms with E-state index in [1.165, 1.54) is 50.9 Å². The molecule has 1 aliphatic heterocycles. The van der Waals surface area contributed by atoms with E-state index in [2.05, 4.69) is 30.6 Å². The molecule has 2 nitrogen and oxygen atoms in total. The van der Waals surface area contributed by atoms with Crippen LogP contribution in [0.4, 0.5) is 0 Å². The van der Waals surface area contributed by atoms with Gasteiger partial charge in [0, 0.05) is 19.1 Å². The predicted octanol–water partition coefficient (Wildman–Crippen LogP) is 2.81. The van der Waals surface area contributed by atoms with Gasteiger partial charge >= 0.3 is 0 Å². The van der Waals surface area contributed by atoms with Crippen LogP contribution in [-0.2, 0) is 0 Å². The van der Waals surface area contributed by atoms with Gasteiger partial charge in [0.1, 0.15) is 0 Å². The molecule has 0 aliphatic carbocycles. The number of piperidine rings is 1. The van der Waals surface area contributed by atoms with Crippen molar-refractivity contribution in [3.05, 3.63) is 12.2 Å². The second-order valence-electron chi connectivity index (χ2n) is 5.10. The van der Waals surface area contributed by atoms with Gasteiger partial charge in [-0.25, -0.2) is 0 Å². The fourth-order valence-electron chi connectivity index (χ4n) is 2.37. The van der Waals surface area contributed by atoms with Gasteiger partial charge in [0.2, 0.25) is 0 Å². The minimum Gasteiger partial charge on any atom is -0.315 e. The van der Waals surface area contributed by atoms with Crippen LogP contribution in [0.1, 0.15) is 46.0 Å². The van der Waals surface area contributed by atoms with E-state index in [1.807, 2.05) is 0 Å². The quantitative estimate of drug-likeness (QED) is 0.528. The summed E-state index contributed by atoms with van der Waals surface area (Å²) in [4.78, 5) is 2.65. The highest BCUT2D eigenvalue weighted by atomic mass is 15.2. The van der Waals surface area contributed by atoms with Gasteiger partial charge in [-0.2, -0.15) is 0 Å². The molecular weight excluding hydrogens is 196 g/mol. The number of nitrogens with one attached hydrogen (secondary N) is 1. The van der Waals surface area contributed by atoms with Gasteiger partial charge < -0.3 is 5.32 Å². The highest BCUT2D eigenvalue weighted by Gasteiger charge is 2.21. The molecule has 1 saturated heterocycles. The van der Waals surface area contributed by atoms with Crippen LogP contribution in [0, 0.1) is 0 Å². The summed E-state index contributed by atoms with van der Waals surface area (Å²) in [7, 11) is 0. The summed E-state index contributed by atoms with van der Waals surface area (Å²) >= 11 is 0. The lowest BCUT2D eigenvalue weighted by Gasteiger charge is -2.36. The standard InChI is InChI=1S/C14H28N2/c1-4-9-15-12-14-7-5-6-10-16(14)11-8-13(2)3/h14-15H,2,4-12H2,1,3H3. The molecule has 1 N–H and O–H groups in total. The minimum atomic E-state index is 0.764. The van der Waals surface area contributed by atoms with Crippen molar-refractivity contribution < 1.29 is 0 Å². The van der Waals surface area contributed by atoms with Gasteiger partial charge in [-0.3, -0.25) is 4.90 Å². The Bertz CT molecular complexity index is 201. The minimum absolute atomic E-state index is 0.764. The van der Waals surface area contributed by atoms with Crippen molar-refractivity contribution in [2.45, 2.75) is 52.0 Å². The average Bonchev–Trinajstić information content (AvgIpc) is 2.28. The van der Waals surface area contributed by atoms with Crippen molar-refractivity contribution in [3.8, 4) is 0 Å². The molecule has 1 aliphatic rings. The molecule has 0 bridgehead atoms. The SMILES string of the molecule is C=C(C)CCN1CCCCC1CNCCC. The monoisotopic (exact) mass is 224 g/mol. The molecule has 0 amide bonds. The Balaban J connectivity index is 2.28. The van der Waals surface area contributed by atoms with E-state index in [1.54, 1.807) is 0 Å². The summed E-state index contributed by atoms with van der Waals surface area (Å²) in [5.41, 5.74) is 1.31. The maximum absolute atomic E-state index is 4.00. The van der Waals surface area contributed by atoms with E-state index < -0.39 is 0 Å². The first-order valence-corrected chi connectivity index (χ1v) is 6.83. The molecule has 1 heterocycles. The number of likely N-dealkylation sites (tertiary alicyclic amines) is 1. The molecule has 0 aromatic carbocycles. The van der Waals surface area contributed by atoms with Crippen LogP contribution in [0.5, 0.6) is 0 Å². The van der Waals surface area contributed by atoms with Gasteiger partial charge in [-0.1, -0.05) is 18.9 Å². The van der Waals surface area contributed by atoms with E-state index in [0.29, 0.717) is 0 Å². The lowest BCUT2D eigenvalue weighted by Crippen LogP contribution is -2.46. The number of rotatable bonds is 7. The molecule has 0 spiro atoms. The molecule has 0 aromatic rings. The molecule has 16 heavy (non-hydrogen) atoms. The fraction of sp³-hybridized carbons (Fsp3) is 0.857. The third-order valence-corrected chi connectivity index (χ3v) is 3.38. The largest absolute Gasteiger partial charge is 0.315 e. The van der Waals surface area contributed by atoms with Crippen LogP contribution in [0.3, 0.4) is 0 Å². The Morgan fingerprint density at radius 3 is 2.94 bits per heavy atom. The van der Waals surface area contributed by atoms with Crippen LogP contribution in [0.15, 0.2) is 12.2 Å². The second kappa shape index (κ2) is 7.86. The van der Waals surface area contributed by atoms with Crippen LogP contribution >= 0.6 is 0 Å². The zero-order valence-electron chi connectivity index (χ0n) is 11.1. The third-order valence-electron chi connectivity index (χ3n) is 3.38. The molecule has 1 rings (SSSR count). The van der Waals surface area contributed by atoms with Crippen LogP contribution in [0.25, 0.3) is 0 Å². The Hall–Kier alpha value is -0.340. The Morgan fingerprint density at radius 2 is 2.25 bits per heavy atom. The predicted molar refractivity (Wildman–Crippen MR) is 71.8 cm³/mol. The van der Waals surface area contributed by atoms with Crippen molar-refractivity contribution in [2.75, 3.05) is 26.2 Å². The molecule has 0 saturated carbocycles. The zero-order chi connectivity index (χ0) is 11.8. The van der Waals surface area contributed by atoms with Gasteiger partial charge in [0.05, 0.1) is 0 Å². The molecular formula is C14H28N2. The molecule has 2 heteroatoms. The summed E-state index contributed by atoms with van der Waals surface area (Å²) in [5.74, 6) is 0. The Labute approximate surface area is 101 Å². The maximum Gasteiger partial charge on any atom is 0.0220 e. The van der Waals surface area contributed by atoms with E-state index in [-0.39, 0.29) is 0 Å². The summed E-state index contributed by atoms with van der Waals surface area (Å²) in [6.07, 6.45) is 6.54. The maximum atomic E-state index is 4.00. The highest BCUT2D eigenvalue weighted by Crippen LogP contribution is 2.17. The summed E-state index contributed by atoms with van der Waals surface area (Å²) in [6, 6.07) is 0.764. The van der Waals surface area contributed by atoms with Crippen LogP contribution in [0.2, 0.25) is 0 Å². The van der Waals surface area contributed by atoms with Crippen molar-refractivity contribution in [3.63, 3.8) is 0 Å². The Kier molecular flexibility index (Phi) is 6.74. The van der Waals surface area contributed by atoms with Crippen molar-refractivity contribution in [2.24, 2.45) is 0 Å². The van der Waals surface area contributed by atoms with E-state index in [9.17, 15) is 0 Å². The summed E-state index contributed by atoms with van der Waals surface area (Å²) in [5, 5.41) is 3.56. The van der Waals surface area contributed by atoms with Gasteiger partial charge in [-0.15, -0.1) is 6.58 Å². The first-order valence-electron chi connectivity index (χ1n) is 6.83. The average molecular weight is 224 g/mol. The number of nitrogens with zero attached hydrogens (tertiary/aromatic N) is 1. The zero-order valence-corrected chi connectivity index (χ0v) is 11.1. The topological polar surface area (TPSA) is 15.3 Å². The molecule has 94 valence electrons. The second-order valence-corrected chi connectivity index (χ2v) is 5.10. The van der Waals surface area contributed by atoms with Crippen molar-refractivity contribution in [1.29, 1.82) is 0 Å². The summed E-state index contributed by atoms with van der Waals surface area (Å²) in [6.45, 7) is 13.2. The molecule has 1 atom stereocenters. The first-order chi connectivity index (χ1) is 7.74. The highest BCUT2D eigenvalue weighted by molar-refractivity contribution is 4.90. The number of hydrogen-bond donors (Lipinski definition) is 1. The van der Waals surface area contributed by atoms with E-state index in [0.717, 1.165) is 19.0 Å². The lowest BCUT2D eigenvalue weighted by molar-refractivity contribution is 0.147. The molecule has 1 fully saturated rings. The number of hydrogen-bond acceptors (Lipinski definition) is 2. The normalized spacial score (nSPS) is 22.2. The van der Waals surface area contributed by atoms with Gasteiger partial charge in [0.25, 0.3) is 0 Å².